The minimum atomic E-state index is -1.17. The molecule has 0 N–H and O–H groups in total. The summed E-state index contributed by atoms with van der Waals surface area (Å²) in [5.41, 5.74) is -0.985. The Morgan fingerprint density at radius 2 is 1.00 bits per heavy atom. The zero-order valence-electron chi connectivity index (χ0n) is 25.4. The fourth-order valence-corrected chi connectivity index (χ4v) is 5.15. The van der Waals surface area contributed by atoms with Crippen LogP contribution in [0.1, 0.15) is 164 Å². The molecule has 0 amide bonds. The van der Waals surface area contributed by atoms with Crippen LogP contribution in [0.25, 0.3) is 0 Å². The minimum absolute atomic E-state index is 0.185. The van der Waals surface area contributed by atoms with Gasteiger partial charge in [0.15, 0.2) is 5.41 Å². The first-order valence-electron chi connectivity index (χ1n) is 15.5. The van der Waals surface area contributed by atoms with Gasteiger partial charge in [-0.25, -0.2) is 0 Å². The first-order valence-corrected chi connectivity index (χ1v) is 15.5. The number of carbonyl (C=O) groups is 2. The van der Waals surface area contributed by atoms with Crippen molar-refractivity contribution in [2.45, 2.75) is 164 Å². The molecule has 0 saturated carbocycles. The van der Waals surface area contributed by atoms with Gasteiger partial charge in [0.1, 0.15) is 0 Å². The highest BCUT2D eigenvalue weighted by molar-refractivity contribution is 6.00. The highest BCUT2D eigenvalue weighted by atomic mass is 16.6. The maximum atomic E-state index is 12.9. The molecule has 0 aliphatic heterocycles. The second kappa shape index (κ2) is 20.9. The van der Waals surface area contributed by atoms with E-state index in [1.807, 2.05) is 13.8 Å². The highest BCUT2D eigenvalue weighted by Gasteiger charge is 2.46. The first kappa shape index (κ1) is 34.9. The van der Waals surface area contributed by atoms with Gasteiger partial charge in [0, 0.05) is 0 Å². The van der Waals surface area contributed by atoms with E-state index in [4.69, 9.17) is 9.47 Å². The molecule has 1 atom stereocenters. The van der Waals surface area contributed by atoms with E-state index in [9.17, 15) is 9.59 Å². The van der Waals surface area contributed by atoms with Crippen molar-refractivity contribution in [3.8, 4) is 0 Å². The molecule has 0 aromatic heterocycles. The Hall–Kier alpha value is -1.06. The molecule has 0 aromatic carbocycles. The van der Waals surface area contributed by atoms with Crippen LogP contribution < -0.4 is 0 Å². The summed E-state index contributed by atoms with van der Waals surface area (Å²) < 4.78 is 11.2. The minimum Gasteiger partial charge on any atom is -0.465 e. The van der Waals surface area contributed by atoms with Crippen LogP contribution in [0.2, 0.25) is 0 Å². The van der Waals surface area contributed by atoms with Crippen molar-refractivity contribution in [1.82, 2.24) is 0 Å². The molecule has 214 valence electrons. The zero-order chi connectivity index (χ0) is 27.3. The molecule has 0 aliphatic rings. The van der Waals surface area contributed by atoms with Crippen molar-refractivity contribution in [3.05, 3.63) is 0 Å². The lowest BCUT2D eigenvalue weighted by Crippen LogP contribution is -2.41. The van der Waals surface area contributed by atoms with Crippen molar-refractivity contribution in [2.75, 3.05) is 13.2 Å². The van der Waals surface area contributed by atoms with Gasteiger partial charge in [0.2, 0.25) is 0 Å². The summed E-state index contributed by atoms with van der Waals surface area (Å²) >= 11 is 0. The molecular weight excluding hydrogens is 448 g/mol. The van der Waals surface area contributed by atoms with Crippen molar-refractivity contribution in [3.63, 3.8) is 0 Å². The molecule has 0 aliphatic carbocycles. The van der Waals surface area contributed by atoms with Crippen molar-refractivity contribution >= 4 is 11.9 Å². The lowest BCUT2D eigenvalue weighted by molar-refractivity contribution is -0.174. The van der Waals surface area contributed by atoms with Crippen LogP contribution in [0, 0.1) is 16.7 Å². The van der Waals surface area contributed by atoms with Gasteiger partial charge in [-0.3, -0.25) is 9.59 Å². The molecule has 4 heteroatoms. The van der Waals surface area contributed by atoms with Crippen molar-refractivity contribution < 1.29 is 19.1 Å². The van der Waals surface area contributed by atoms with Crippen LogP contribution in [0.15, 0.2) is 0 Å². The fraction of sp³-hybridized carbons (Fsp3) is 0.938. The van der Waals surface area contributed by atoms with Crippen LogP contribution in [0.5, 0.6) is 0 Å². The van der Waals surface area contributed by atoms with E-state index in [0.717, 1.165) is 19.3 Å². The second-order valence-electron chi connectivity index (χ2n) is 12.3. The van der Waals surface area contributed by atoms with Gasteiger partial charge in [-0.15, -0.1) is 0 Å². The van der Waals surface area contributed by atoms with Gasteiger partial charge in [0.05, 0.1) is 13.2 Å². The van der Waals surface area contributed by atoms with Crippen LogP contribution in [-0.4, -0.2) is 25.2 Å². The van der Waals surface area contributed by atoms with Crippen LogP contribution in [-0.2, 0) is 19.1 Å². The molecule has 0 radical (unpaired) electrons. The Morgan fingerprint density at radius 1 is 0.611 bits per heavy atom. The third-order valence-corrected chi connectivity index (χ3v) is 7.43. The van der Waals surface area contributed by atoms with E-state index in [1.54, 1.807) is 0 Å². The smallest absolute Gasteiger partial charge is 0.323 e. The molecule has 1 unspecified atom stereocenters. The predicted octanol–water partition coefficient (Wildman–Crippen LogP) is 9.82. The molecule has 0 aromatic rings. The highest BCUT2D eigenvalue weighted by Crippen LogP contribution is 2.31. The van der Waals surface area contributed by atoms with E-state index in [-0.39, 0.29) is 11.3 Å². The summed E-state index contributed by atoms with van der Waals surface area (Å²) in [7, 11) is 0. The number of hydrogen-bond acceptors (Lipinski definition) is 4. The number of ether oxygens (including phenoxy) is 2. The van der Waals surface area contributed by atoms with Crippen LogP contribution >= 0.6 is 0 Å². The van der Waals surface area contributed by atoms with Gasteiger partial charge >= 0.3 is 11.9 Å². The number of rotatable bonds is 23. The molecule has 0 rings (SSSR count). The summed E-state index contributed by atoms with van der Waals surface area (Å²) in [6.07, 6.45) is 21.4. The Labute approximate surface area is 225 Å². The molecule has 0 fully saturated rings. The van der Waals surface area contributed by atoms with E-state index >= 15 is 0 Å². The number of hydrogen-bond donors (Lipinski definition) is 0. The summed E-state index contributed by atoms with van der Waals surface area (Å²) in [4.78, 5) is 25.8. The lowest BCUT2D eigenvalue weighted by atomic mass is 9.82. The van der Waals surface area contributed by atoms with Crippen molar-refractivity contribution in [2.24, 2.45) is 16.7 Å². The molecule has 0 saturated heterocycles. The van der Waals surface area contributed by atoms with Crippen LogP contribution in [0.3, 0.4) is 0 Å². The third kappa shape index (κ3) is 16.6. The van der Waals surface area contributed by atoms with Gasteiger partial charge in [-0.2, -0.15) is 0 Å². The van der Waals surface area contributed by atoms with Gasteiger partial charge < -0.3 is 9.47 Å². The Kier molecular flexibility index (Phi) is 20.3. The van der Waals surface area contributed by atoms with Crippen molar-refractivity contribution in [1.29, 1.82) is 0 Å². The summed E-state index contributed by atoms with van der Waals surface area (Å²) in [5, 5.41) is 0. The van der Waals surface area contributed by atoms with E-state index in [0.29, 0.717) is 26.1 Å². The zero-order valence-corrected chi connectivity index (χ0v) is 25.4. The molecule has 0 heterocycles. The Bertz CT molecular complexity index is 545. The molecule has 0 spiro atoms. The average molecular weight is 511 g/mol. The molecule has 0 bridgehead atoms. The normalized spacial score (nSPS) is 13.0. The molecule has 4 nitrogen and oxygen atoms in total. The maximum Gasteiger partial charge on any atom is 0.323 e. The van der Waals surface area contributed by atoms with Crippen LogP contribution in [0.4, 0.5) is 0 Å². The average Bonchev–Trinajstić information content (AvgIpc) is 2.82. The van der Waals surface area contributed by atoms with E-state index in [2.05, 4.69) is 34.6 Å². The summed E-state index contributed by atoms with van der Waals surface area (Å²) in [6, 6.07) is 0. The largest absolute Gasteiger partial charge is 0.465 e. The lowest BCUT2D eigenvalue weighted by Gasteiger charge is -2.28. The molecule has 36 heavy (non-hydrogen) atoms. The summed E-state index contributed by atoms with van der Waals surface area (Å²) in [5.74, 6) is -0.571. The number of unbranched alkanes of at least 4 members (excludes halogenated alkanes) is 14. The van der Waals surface area contributed by atoms with Gasteiger partial charge in [0.25, 0.3) is 0 Å². The first-order chi connectivity index (χ1) is 17.1. The molecular formula is C32H62O4. The Balaban J connectivity index is 3.97. The van der Waals surface area contributed by atoms with E-state index < -0.39 is 17.4 Å². The fourth-order valence-electron chi connectivity index (χ4n) is 5.15. The predicted molar refractivity (Wildman–Crippen MR) is 153 cm³/mol. The quantitative estimate of drug-likeness (QED) is 0.0779. The second-order valence-corrected chi connectivity index (χ2v) is 12.3. The van der Waals surface area contributed by atoms with Gasteiger partial charge in [-0.05, 0) is 37.0 Å². The Morgan fingerprint density at radius 3 is 1.39 bits per heavy atom. The third-order valence-electron chi connectivity index (χ3n) is 7.43. The standard InChI is InChI=1S/C32H62O4/c1-8-11-12-13-14-15-16-17-18-19-20-21-22-23-24-25-35-29(33)32(9-2,10-3)30(34)36-27-28(4)26-31(5,6)7/h28H,8-27H2,1-7H3. The monoisotopic (exact) mass is 510 g/mol. The van der Waals surface area contributed by atoms with E-state index in [1.165, 1.54) is 83.5 Å². The maximum absolute atomic E-state index is 12.9. The number of esters is 2. The topological polar surface area (TPSA) is 52.6 Å². The SMILES string of the molecule is CCCCCCCCCCCCCCCCCOC(=O)C(CC)(CC)C(=O)OCC(C)CC(C)(C)C. The van der Waals surface area contributed by atoms with Gasteiger partial charge in [-0.1, -0.05) is 138 Å². The summed E-state index contributed by atoms with van der Waals surface area (Å²) in [6.45, 7) is 15.4. The number of carbonyl (C=O) groups excluding carboxylic acids is 2.